The lowest BCUT2D eigenvalue weighted by Gasteiger charge is -2.18. The molecule has 0 rings (SSSR count). The minimum absolute atomic E-state index is 0.360. The Balaban J connectivity index is 3.65. The normalized spacial score (nSPS) is 15.0. The summed E-state index contributed by atoms with van der Waals surface area (Å²) in [5.41, 5.74) is -1.38. The van der Waals surface area contributed by atoms with E-state index in [1.165, 1.54) is 46.0 Å². The average Bonchev–Trinajstić information content (AvgIpc) is 2.34. The van der Waals surface area contributed by atoms with Crippen molar-refractivity contribution >= 4 is 5.97 Å². The van der Waals surface area contributed by atoms with Crippen molar-refractivity contribution in [3.8, 4) is 0 Å². The van der Waals surface area contributed by atoms with Gasteiger partial charge in [-0.1, -0.05) is 59.8 Å². The topological polar surface area (TPSA) is 46.5 Å². The fourth-order valence-electron chi connectivity index (χ4n) is 2.31. The minimum atomic E-state index is -1.38. The Morgan fingerprint density at radius 1 is 0.952 bits per heavy atom. The number of esters is 1. The molecule has 126 valence electrons. The van der Waals surface area contributed by atoms with E-state index in [0.717, 1.165) is 18.3 Å². The van der Waals surface area contributed by atoms with Gasteiger partial charge in [-0.2, -0.15) is 0 Å². The molecule has 2 unspecified atom stereocenters. The fraction of sp³-hybridized carbons (Fsp3) is 0.944. The number of hydrogen-bond donors (Lipinski definition) is 1. The molecule has 0 fully saturated rings. The first kappa shape index (κ1) is 20.4. The van der Waals surface area contributed by atoms with Gasteiger partial charge in [-0.15, -0.1) is 0 Å². The van der Waals surface area contributed by atoms with E-state index in [-0.39, 0.29) is 0 Å². The van der Waals surface area contributed by atoms with Gasteiger partial charge < -0.3 is 9.84 Å². The quantitative estimate of drug-likeness (QED) is 0.569. The molecule has 2 atom stereocenters. The van der Waals surface area contributed by atoms with Crippen LogP contribution in [0.2, 0.25) is 0 Å². The molecular formula is C18H36O3. The van der Waals surface area contributed by atoms with Gasteiger partial charge in [-0.05, 0) is 38.0 Å². The third-order valence-corrected chi connectivity index (χ3v) is 3.87. The van der Waals surface area contributed by atoms with Gasteiger partial charge in [0.15, 0.2) is 5.60 Å². The third-order valence-electron chi connectivity index (χ3n) is 3.87. The largest absolute Gasteiger partial charge is 0.463 e. The lowest BCUT2D eigenvalue weighted by atomic mass is 9.93. The molecule has 0 aliphatic carbocycles. The predicted molar refractivity (Wildman–Crippen MR) is 88.1 cm³/mol. The van der Waals surface area contributed by atoms with Gasteiger partial charge in [-0.25, -0.2) is 4.79 Å². The van der Waals surface area contributed by atoms with E-state index >= 15 is 0 Å². The van der Waals surface area contributed by atoms with Crippen LogP contribution in [0, 0.1) is 17.8 Å². The molecular weight excluding hydrogens is 264 g/mol. The van der Waals surface area contributed by atoms with E-state index in [1.54, 1.807) is 0 Å². The molecule has 1 N–H and O–H groups in total. The van der Waals surface area contributed by atoms with Crippen molar-refractivity contribution in [1.82, 2.24) is 0 Å². The zero-order chi connectivity index (χ0) is 16.5. The molecule has 0 radical (unpaired) electrons. The highest BCUT2D eigenvalue weighted by molar-refractivity contribution is 5.78. The van der Waals surface area contributed by atoms with Crippen molar-refractivity contribution in [3.63, 3.8) is 0 Å². The van der Waals surface area contributed by atoms with Crippen LogP contribution in [-0.2, 0) is 9.53 Å². The second-order valence-electron chi connectivity index (χ2n) is 7.62. The summed E-state index contributed by atoms with van der Waals surface area (Å²) in [6.45, 7) is 12.3. The molecule has 0 aromatic heterocycles. The Morgan fingerprint density at radius 2 is 1.43 bits per heavy atom. The van der Waals surface area contributed by atoms with Crippen molar-refractivity contribution in [2.45, 2.75) is 85.7 Å². The molecule has 0 spiro atoms. The SMILES string of the molecule is CC(C)CCCC(C)CCCC(C)COC(=O)C(C)(C)O. The van der Waals surface area contributed by atoms with Gasteiger partial charge in [0, 0.05) is 0 Å². The number of rotatable bonds is 11. The highest BCUT2D eigenvalue weighted by Gasteiger charge is 2.25. The maximum absolute atomic E-state index is 11.5. The molecule has 3 heteroatoms. The predicted octanol–water partition coefficient (Wildman–Crippen LogP) is 4.57. The van der Waals surface area contributed by atoms with Crippen molar-refractivity contribution in [3.05, 3.63) is 0 Å². The number of aliphatic hydroxyl groups is 1. The lowest BCUT2D eigenvalue weighted by molar-refractivity contribution is -0.163. The van der Waals surface area contributed by atoms with Crippen molar-refractivity contribution in [2.24, 2.45) is 17.8 Å². The molecule has 0 aliphatic rings. The van der Waals surface area contributed by atoms with E-state index in [9.17, 15) is 9.90 Å². The summed E-state index contributed by atoms with van der Waals surface area (Å²) in [6, 6.07) is 0. The summed E-state index contributed by atoms with van der Waals surface area (Å²) in [5.74, 6) is 1.42. The van der Waals surface area contributed by atoms with Crippen LogP contribution < -0.4 is 0 Å². The summed E-state index contributed by atoms with van der Waals surface area (Å²) in [6.07, 6.45) is 7.49. The Bertz CT molecular complexity index is 279. The van der Waals surface area contributed by atoms with Gasteiger partial charge >= 0.3 is 5.97 Å². The first-order valence-corrected chi connectivity index (χ1v) is 8.52. The van der Waals surface area contributed by atoms with Crippen LogP contribution in [0.3, 0.4) is 0 Å². The number of hydrogen-bond acceptors (Lipinski definition) is 3. The van der Waals surface area contributed by atoms with Crippen LogP contribution in [0.4, 0.5) is 0 Å². The zero-order valence-corrected chi connectivity index (χ0v) is 14.9. The number of ether oxygens (including phenoxy) is 1. The summed E-state index contributed by atoms with van der Waals surface area (Å²) < 4.78 is 5.13. The molecule has 0 aliphatic heterocycles. The molecule has 0 aromatic carbocycles. The summed E-state index contributed by atoms with van der Waals surface area (Å²) in [5, 5.41) is 9.49. The van der Waals surface area contributed by atoms with E-state index in [2.05, 4.69) is 27.7 Å². The maximum atomic E-state index is 11.5. The monoisotopic (exact) mass is 300 g/mol. The second kappa shape index (κ2) is 10.2. The molecule has 3 nitrogen and oxygen atoms in total. The first-order valence-electron chi connectivity index (χ1n) is 8.52. The summed E-state index contributed by atoms with van der Waals surface area (Å²) in [7, 11) is 0. The third kappa shape index (κ3) is 11.7. The molecule has 0 heterocycles. The van der Waals surface area contributed by atoms with E-state index < -0.39 is 11.6 Å². The summed E-state index contributed by atoms with van der Waals surface area (Å²) in [4.78, 5) is 11.5. The number of carbonyl (C=O) groups is 1. The molecule has 21 heavy (non-hydrogen) atoms. The lowest BCUT2D eigenvalue weighted by Crippen LogP contribution is -2.34. The van der Waals surface area contributed by atoms with Gasteiger partial charge in [0.25, 0.3) is 0 Å². The standard InChI is InChI=1S/C18H36O3/c1-14(2)9-7-10-15(3)11-8-12-16(4)13-21-17(19)18(5,6)20/h14-16,20H,7-13H2,1-6H3. The van der Waals surface area contributed by atoms with Crippen LogP contribution >= 0.6 is 0 Å². The average molecular weight is 300 g/mol. The van der Waals surface area contributed by atoms with E-state index in [4.69, 9.17) is 4.74 Å². The van der Waals surface area contributed by atoms with Gasteiger partial charge in [-0.3, -0.25) is 0 Å². The van der Waals surface area contributed by atoms with Crippen molar-refractivity contribution in [1.29, 1.82) is 0 Å². The Kier molecular flexibility index (Phi) is 9.93. The minimum Gasteiger partial charge on any atom is -0.463 e. The van der Waals surface area contributed by atoms with Crippen LogP contribution in [0.15, 0.2) is 0 Å². The highest BCUT2D eigenvalue weighted by atomic mass is 16.5. The fourth-order valence-corrected chi connectivity index (χ4v) is 2.31. The van der Waals surface area contributed by atoms with Crippen LogP contribution in [0.5, 0.6) is 0 Å². The zero-order valence-electron chi connectivity index (χ0n) is 14.9. The molecule has 0 saturated heterocycles. The Labute approximate surface area is 131 Å². The highest BCUT2D eigenvalue weighted by Crippen LogP contribution is 2.19. The molecule has 0 aromatic rings. The van der Waals surface area contributed by atoms with Gasteiger partial charge in [0.2, 0.25) is 0 Å². The summed E-state index contributed by atoms with van der Waals surface area (Å²) >= 11 is 0. The molecule has 0 amide bonds. The van der Waals surface area contributed by atoms with Crippen molar-refractivity contribution < 1.29 is 14.6 Å². The number of carbonyl (C=O) groups excluding carboxylic acids is 1. The van der Waals surface area contributed by atoms with E-state index in [0.29, 0.717) is 12.5 Å². The van der Waals surface area contributed by atoms with Crippen molar-refractivity contribution in [2.75, 3.05) is 6.61 Å². The Hall–Kier alpha value is -0.570. The van der Waals surface area contributed by atoms with Crippen LogP contribution in [-0.4, -0.2) is 23.3 Å². The molecule has 0 bridgehead atoms. The Morgan fingerprint density at radius 3 is 1.90 bits per heavy atom. The van der Waals surface area contributed by atoms with Gasteiger partial charge in [0.05, 0.1) is 6.61 Å². The van der Waals surface area contributed by atoms with E-state index in [1.807, 2.05) is 0 Å². The van der Waals surface area contributed by atoms with Gasteiger partial charge in [0.1, 0.15) is 0 Å². The maximum Gasteiger partial charge on any atom is 0.337 e. The smallest absolute Gasteiger partial charge is 0.337 e. The van der Waals surface area contributed by atoms with Crippen LogP contribution in [0.25, 0.3) is 0 Å². The molecule has 0 saturated carbocycles. The first-order chi connectivity index (χ1) is 9.62. The second-order valence-corrected chi connectivity index (χ2v) is 7.62. The van der Waals surface area contributed by atoms with Crippen LogP contribution in [0.1, 0.15) is 80.1 Å².